The fourth-order valence-corrected chi connectivity index (χ4v) is 8.76. The van der Waals surface area contributed by atoms with Crippen molar-refractivity contribution in [3.63, 3.8) is 0 Å². The number of esters is 1. The lowest BCUT2D eigenvalue weighted by Gasteiger charge is -2.58. The summed E-state index contributed by atoms with van der Waals surface area (Å²) < 4.78 is 5.58. The van der Waals surface area contributed by atoms with E-state index in [0.29, 0.717) is 18.3 Å². The van der Waals surface area contributed by atoms with Gasteiger partial charge >= 0.3 is 5.97 Å². The Balaban J connectivity index is 1.49. The molecule has 3 saturated carbocycles. The standard InChI is InChI=1S/C29H46O4/c1-17(2)26(31)16-27(32)18(3)23-9-10-24-22-8-7-20-15-21(33-19(4)30)11-13-28(20,5)25(22)12-14-29(23,24)6/h7,17-18,21-25,27,32H,8-16H2,1-6H3/t18-,21?,22-,23+,24-,25-,27+,28-,29+/m0/s1. The average molecular weight is 459 g/mol. The fraction of sp³-hybridized carbons (Fsp3) is 0.862. The van der Waals surface area contributed by atoms with Crippen LogP contribution in [-0.4, -0.2) is 29.1 Å². The van der Waals surface area contributed by atoms with Crippen molar-refractivity contribution < 1.29 is 19.4 Å². The van der Waals surface area contributed by atoms with Crippen molar-refractivity contribution >= 4 is 11.8 Å². The second kappa shape index (κ2) is 9.13. The molecule has 1 N–H and O–H groups in total. The van der Waals surface area contributed by atoms with Gasteiger partial charge in [-0.2, -0.15) is 0 Å². The molecule has 0 amide bonds. The summed E-state index contributed by atoms with van der Waals surface area (Å²) in [5.74, 6) is 2.83. The molecule has 4 aliphatic carbocycles. The summed E-state index contributed by atoms with van der Waals surface area (Å²) in [6.45, 7) is 12.6. The quantitative estimate of drug-likeness (QED) is 0.385. The Morgan fingerprint density at radius 2 is 1.82 bits per heavy atom. The molecule has 9 atom stereocenters. The molecule has 1 unspecified atom stereocenters. The number of ketones is 1. The molecule has 4 rings (SSSR count). The molecule has 4 aliphatic rings. The van der Waals surface area contributed by atoms with Crippen LogP contribution in [0.25, 0.3) is 0 Å². The molecule has 4 nitrogen and oxygen atoms in total. The normalized spacial score (nSPS) is 41.9. The lowest BCUT2D eigenvalue weighted by molar-refractivity contribution is -0.148. The van der Waals surface area contributed by atoms with E-state index in [2.05, 4.69) is 26.8 Å². The minimum Gasteiger partial charge on any atom is -0.462 e. The summed E-state index contributed by atoms with van der Waals surface area (Å²) in [5.41, 5.74) is 2.04. The first-order valence-corrected chi connectivity index (χ1v) is 13.5. The van der Waals surface area contributed by atoms with Gasteiger partial charge in [-0.1, -0.05) is 46.3 Å². The summed E-state index contributed by atoms with van der Waals surface area (Å²) >= 11 is 0. The van der Waals surface area contributed by atoms with Crippen molar-refractivity contribution in [2.75, 3.05) is 0 Å². The predicted octanol–water partition coefficient (Wildman–Crippen LogP) is 6.11. The first-order chi connectivity index (χ1) is 15.5. The highest BCUT2D eigenvalue weighted by atomic mass is 16.5. The second-order valence-electron chi connectivity index (χ2n) is 12.7. The van der Waals surface area contributed by atoms with E-state index in [1.807, 2.05) is 13.8 Å². The zero-order valence-electron chi connectivity index (χ0n) is 21.7. The maximum atomic E-state index is 12.3. The number of carbonyl (C=O) groups is 2. The van der Waals surface area contributed by atoms with Gasteiger partial charge in [-0.25, -0.2) is 0 Å². The molecule has 0 heterocycles. The van der Waals surface area contributed by atoms with Crippen molar-refractivity contribution in [1.29, 1.82) is 0 Å². The molecule has 33 heavy (non-hydrogen) atoms. The minimum absolute atomic E-state index is 0.00546. The maximum absolute atomic E-state index is 12.3. The van der Waals surface area contributed by atoms with Crippen LogP contribution in [0.4, 0.5) is 0 Å². The van der Waals surface area contributed by atoms with Gasteiger partial charge in [-0.05, 0) is 85.4 Å². The monoisotopic (exact) mass is 458 g/mol. The summed E-state index contributed by atoms with van der Waals surface area (Å²) in [5, 5.41) is 11.0. The molecule has 0 aromatic heterocycles. The highest BCUT2D eigenvalue weighted by Gasteiger charge is 2.59. The van der Waals surface area contributed by atoms with E-state index in [-0.39, 0.29) is 40.5 Å². The Morgan fingerprint density at radius 3 is 2.48 bits per heavy atom. The van der Waals surface area contributed by atoms with Gasteiger partial charge in [0.15, 0.2) is 0 Å². The van der Waals surface area contributed by atoms with Gasteiger partial charge in [0.1, 0.15) is 11.9 Å². The SMILES string of the molecule is CC(=O)OC1CC[C@@]2(C)C(=CC[C@H]3[C@@H]4CC[C@H]([C@H](C)[C@H](O)CC(=O)C(C)C)[C@@]4(C)CC[C@@H]32)C1. The number of fused-ring (bicyclic) bond motifs is 5. The Bertz CT molecular complexity index is 799. The van der Waals surface area contributed by atoms with Gasteiger partial charge in [-0.15, -0.1) is 0 Å². The molecule has 0 aliphatic heterocycles. The largest absolute Gasteiger partial charge is 0.462 e. The lowest BCUT2D eigenvalue weighted by atomic mass is 9.47. The molecule has 4 heteroatoms. The minimum atomic E-state index is -0.523. The molecule has 0 bridgehead atoms. The van der Waals surface area contributed by atoms with Gasteiger partial charge < -0.3 is 9.84 Å². The third-order valence-electron chi connectivity index (χ3n) is 10.8. The Labute approximate surface area is 200 Å². The number of carbonyl (C=O) groups excluding carboxylic acids is 2. The van der Waals surface area contributed by atoms with Gasteiger partial charge in [0, 0.05) is 25.7 Å². The number of aliphatic hydroxyl groups excluding tert-OH is 1. The molecule has 0 aromatic rings. The average Bonchev–Trinajstić information content (AvgIpc) is 3.10. The Kier molecular flexibility index (Phi) is 6.90. The third kappa shape index (κ3) is 4.34. The van der Waals surface area contributed by atoms with E-state index >= 15 is 0 Å². The Morgan fingerprint density at radius 1 is 1.09 bits per heavy atom. The van der Waals surface area contributed by atoms with Crippen LogP contribution in [0.3, 0.4) is 0 Å². The van der Waals surface area contributed by atoms with Crippen molar-refractivity contribution in [3.8, 4) is 0 Å². The molecule has 0 radical (unpaired) electrons. The summed E-state index contributed by atoms with van der Waals surface area (Å²) in [7, 11) is 0. The topological polar surface area (TPSA) is 63.6 Å². The summed E-state index contributed by atoms with van der Waals surface area (Å²) in [4.78, 5) is 23.8. The zero-order valence-corrected chi connectivity index (χ0v) is 21.7. The fourth-order valence-electron chi connectivity index (χ4n) is 8.76. The number of ether oxygens (including phenoxy) is 1. The number of hydrogen-bond acceptors (Lipinski definition) is 4. The van der Waals surface area contributed by atoms with E-state index in [9.17, 15) is 14.7 Å². The highest BCUT2D eigenvalue weighted by molar-refractivity contribution is 5.80. The summed E-state index contributed by atoms with van der Waals surface area (Å²) in [6, 6.07) is 0. The maximum Gasteiger partial charge on any atom is 0.302 e. The van der Waals surface area contributed by atoms with E-state index < -0.39 is 6.10 Å². The Hall–Kier alpha value is -1.16. The van der Waals surface area contributed by atoms with E-state index in [4.69, 9.17) is 4.74 Å². The second-order valence-corrected chi connectivity index (χ2v) is 12.7. The van der Waals surface area contributed by atoms with Crippen molar-refractivity contribution in [1.82, 2.24) is 0 Å². The molecular formula is C29H46O4. The number of rotatable bonds is 6. The summed E-state index contributed by atoms with van der Waals surface area (Å²) in [6.07, 6.45) is 11.4. The van der Waals surface area contributed by atoms with Crippen molar-refractivity contribution in [2.45, 2.75) is 112 Å². The van der Waals surface area contributed by atoms with E-state index in [1.54, 1.807) is 0 Å². The van der Waals surface area contributed by atoms with Crippen LogP contribution in [0.5, 0.6) is 0 Å². The first kappa shape index (κ1) is 24.9. The van der Waals surface area contributed by atoms with Crippen LogP contribution in [-0.2, 0) is 14.3 Å². The van der Waals surface area contributed by atoms with Gasteiger partial charge in [-0.3, -0.25) is 9.59 Å². The smallest absolute Gasteiger partial charge is 0.302 e. The van der Waals surface area contributed by atoms with Gasteiger partial charge in [0.05, 0.1) is 6.10 Å². The molecule has 0 saturated heterocycles. The zero-order chi connectivity index (χ0) is 24.1. The molecule has 0 spiro atoms. The van der Waals surface area contributed by atoms with Crippen LogP contribution in [0.15, 0.2) is 11.6 Å². The first-order valence-electron chi connectivity index (χ1n) is 13.5. The number of Topliss-reactive ketones (excluding diaryl/α,β-unsaturated/α-hetero) is 1. The van der Waals surface area contributed by atoms with Crippen LogP contribution < -0.4 is 0 Å². The van der Waals surface area contributed by atoms with E-state index in [0.717, 1.165) is 37.5 Å². The molecule has 186 valence electrons. The number of allylic oxidation sites excluding steroid dienone is 1. The van der Waals surface area contributed by atoms with Crippen molar-refractivity contribution in [2.24, 2.45) is 46.3 Å². The number of aliphatic hydroxyl groups is 1. The van der Waals surface area contributed by atoms with Crippen LogP contribution in [0.2, 0.25) is 0 Å². The highest BCUT2D eigenvalue weighted by Crippen LogP contribution is 2.67. The van der Waals surface area contributed by atoms with Crippen molar-refractivity contribution in [3.05, 3.63) is 11.6 Å². The van der Waals surface area contributed by atoms with Gasteiger partial charge in [0.25, 0.3) is 0 Å². The predicted molar refractivity (Wildman–Crippen MR) is 130 cm³/mol. The molecule has 3 fully saturated rings. The third-order valence-corrected chi connectivity index (χ3v) is 10.8. The van der Waals surface area contributed by atoms with Crippen LogP contribution >= 0.6 is 0 Å². The van der Waals surface area contributed by atoms with Gasteiger partial charge in [0.2, 0.25) is 0 Å². The molecular weight excluding hydrogens is 412 g/mol. The number of hydrogen-bond donors (Lipinski definition) is 1. The van der Waals surface area contributed by atoms with Crippen LogP contribution in [0, 0.1) is 46.3 Å². The van der Waals surface area contributed by atoms with Crippen LogP contribution in [0.1, 0.15) is 99.3 Å². The molecule has 0 aromatic carbocycles. The van der Waals surface area contributed by atoms with E-state index in [1.165, 1.54) is 38.2 Å². The lowest BCUT2D eigenvalue weighted by Crippen LogP contribution is -2.51.